The maximum atomic E-state index is 13.5. The molecule has 4 aromatic heterocycles. The summed E-state index contributed by atoms with van der Waals surface area (Å²) < 4.78 is 68.5. The van der Waals surface area contributed by atoms with Crippen molar-refractivity contribution in [3.05, 3.63) is 153 Å². The quantitative estimate of drug-likeness (QED) is 0.0370. The average molecular weight is 1840 g/mol. The number of benzene rings is 3. The average Bonchev–Trinajstić information content (AvgIpc) is 1.60. The van der Waals surface area contributed by atoms with Crippen LogP contribution in [-0.2, 0) is 85.4 Å². The Labute approximate surface area is 709 Å². The Hall–Kier alpha value is -8.37. The first-order chi connectivity index (χ1) is 53.3. The van der Waals surface area contributed by atoms with Crippen molar-refractivity contribution in [2.45, 2.75) is 283 Å². The number of halogens is 5. The van der Waals surface area contributed by atoms with Crippen LogP contribution in [0, 0.1) is 17.5 Å². The Balaban J connectivity index is 0.000000226. The van der Waals surface area contributed by atoms with Crippen LogP contribution < -0.4 is 20.0 Å². The Morgan fingerprint density at radius 3 is 1.16 bits per heavy atom. The van der Waals surface area contributed by atoms with E-state index in [1.807, 2.05) is 70.4 Å². The number of fused-ring (bicyclic) bond motifs is 4. The second-order valence-electron chi connectivity index (χ2n) is 32.3. The van der Waals surface area contributed by atoms with Crippen molar-refractivity contribution in [3.63, 3.8) is 0 Å². The molecule has 0 spiro atoms. The predicted molar refractivity (Wildman–Crippen MR) is 450 cm³/mol. The van der Waals surface area contributed by atoms with Crippen molar-refractivity contribution >= 4 is 101 Å². The zero-order chi connectivity index (χ0) is 82.9. The number of amides is 6. The first kappa shape index (κ1) is 96.5. The Morgan fingerprint density at radius 1 is 0.474 bits per heavy atom. The molecule has 3 fully saturated rings. The number of carbonyl (C=O) groups is 7. The molecule has 6 amide bonds. The summed E-state index contributed by atoms with van der Waals surface area (Å²) in [5.41, 5.74) is 7.16. The normalized spacial score (nSPS) is 20.9. The van der Waals surface area contributed by atoms with Gasteiger partial charge in [0.25, 0.3) is 0 Å². The molecule has 0 radical (unpaired) electrons. The van der Waals surface area contributed by atoms with E-state index in [0.717, 1.165) is 91.4 Å². The number of rotatable bonds is 8. The van der Waals surface area contributed by atoms with Gasteiger partial charge in [0.15, 0.2) is 17.5 Å². The molecular formula is C83H118BrCuF3IN16O11. The summed E-state index contributed by atoms with van der Waals surface area (Å²) in [7, 11) is 0. The van der Waals surface area contributed by atoms with E-state index in [-0.39, 0.29) is 82.5 Å². The van der Waals surface area contributed by atoms with Gasteiger partial charge in [-0.15, -0.1) is 0 Å². The number of nitrogens with one attached hydrogen (secondary N) is 1. The number of anilines is 4. The second-order valence-corrected chi connectivity index (χ2v) is 33.1. The molecule has 0 aliphatic carbocycles. The summed E-state index contributed by atoms with van der Waals surface area (Å²) >= 11 is 9.47. The molecule has 3 saturated heterocycles. The van der Waals surface area contributed by atoms with Gasteiger partial charge < -0.3 is 43.9 Å². The molecule has 8 atom stereocenters. The molecule has 33 heteroatoms. The second kappa shape index (κ2) is 41.3. The fourth-order valence-corrected chi connectivity index (χ4v) is 14.8. The van der Waals surface area contributed by atoms with Crippen LogP contribution in [0.2, 0.25) is 0 Å². The van der Waals surface area contributed by atoms with Crippen LogP contribution in [0.25, 0.3) is 0 Å². The minimum absolute atomic E-state index is 0. The fourth-order valence-electron chi connectivity index (χ4n) is 14.4. The minimum atomic E-state index is -1.59. The first-order valence-corrected chi connectivity index (χ1v) is 42.0. The number of hydrogen-bond acceptors (Lipinski definition) is 17. The van der Waals surface area contributed by atoms with Crippen molar-refractivity contribution in [1.29, 1.82) is 0 Å². The van der Waals surface area contributed by atoms with Gasteiger partial charge in [0.2, 0.25) is 17.7 Å². The summed E-state index contributed by atoms with van der Waals surface area (Å²) in [4.78, 5) is 97.4. The van der Waals surface area contributed by atoms with Crippen molar-refractivity contribution < 1.29 is 78.4 Å². The van der Waals surface area contributed by atoms with Crippen LogP contribution in [0.1, 0.15) is 237 Å². The van der Waals surface area contributed by atoms with E-state index in [0.29, 0.717) is 68.8 Å². The van der Waals surface area contributed by atoms with E-state index in [4.69, 9.17) is 14.2 Å². The molecule has 7 aliphatic heterocycles. The van der Waals surface area contributed by atoms with Crippen LogP contribution in [0.15, 0.2) is 102 Å². The molecule has 7 aromatic rings. The van der Waals surface area contributed by atoms with Crippen molar-refractivity contribution in [3.8, 4) is 0 Å². The van der Waals surface area contributed by atoms with Gasteiger partial charge in [-0.25, -0.2) is 32.3 Å². The molecule has 3 aromatic carbocycles. The molecule has 0 saturated carbocycles. The molecule has 7 aliphatic rings. The number of ether oxygens (including phenoxy) is 4. The molecule has 642 valence electrons. The number of aromatic nitrogens is 8. The number of nitrogens with zero attached hydrogens (tertiary/aromatic N) is 15. The Morgan fingerprint density at radius 2 is 0.802 bits per heavy atom. The molecule has 1 N–H and O–H groups in total. The molecule has 14 rings (SSSR count). The molecule has 116 heavy (non-hydrogen) atoms. The van der Waals surface area contributed by atoms with Crippen LogP contribution in [0.4, 0.5) is 55.1 Å². The van der Waals surface area contributed by atoms with Gasteiger partial charge in [0.05, 0.1) is 118 Å². The zero-order valence-corrected chi connectivity index (χ0v) is 72.0. The molecule has 0 bridgehead atoms. The molecular weight excluding hydrogens is 1720 g/mol. The summed E-state index contributed by atoms with van der Waals surface area (Å²) in [5.74, 6) is -3.98. The van der Waals surface area contributed by atoms with Crippen molar-refractivity contribution in [2.24, 2.45) is 0 Å². The Kier molecular flexibility index (Phi) is 34.4. The first-order valence-electron chi connectivity index (χ1n) is 38.1. The predicted octanol–water partition coefficient (Wildman–Crippen LogP) is 18.4. The van der Waals surface area contributed by atoms with Crippen LogP contribution in [-0.4, -0.2) is 161 Å². The summed E-state index contributed by atoms with van der Waals surface area (Å²) in [5, 5.41) is 20.4. The fraction of sp³-hybridized carbons (Fsp3) is 0.554. The summed E-state index contributed by atoms with van der Waals surface area (Å²) in [6.07, 6.45) is 9.02. The monoisotopic (exact) mass is 1840 g/mol. The van der Waals surface area contributed by atoms with E-state index >= 15 is 0 Å². The summed E-state index contributed by atoms with van der Waals surface area (Å²) in [6, 6.07) is 23.2. The summed E-state index contributed by atoms with van der Waals surface area (Å²) in [6.45, 7) is 38.8. The van der Waals surface area contributed by atoms with Gasteiger partial charge in [-0.05, 0) is 164 Å². The third-order valence-electron chi connectivity index (χ3n) is 20.9. The molecule has 27 nitrogen and oxygen atoms in total. The van der Waals surface area contributed by atoms with Gasteiger partial charge in [-0.2, -0.15) is 20.4 Å². The van der Waals surface area contributed by atoms with E-state index in [9.17, 15) is 46.7 Å². The van der Waals surface area contributed by atoms with E-state index < -0.39 is 52.6 Å². The van der Waals surface area contributed by atoms with Gasteiger partial charge >= 0.3 is 57.5 Å². The maximum absolute atomic E-state index is 13.5. The van der Waals surface area contributed by atoms with Crippen LogP contribution >= 0.6 is 36.3 Å². The van der Waals surface area contributed by atoms with Gasteiger partial charge in [0.1, 0.15) is 16.8 Å². The molecule has 0 unspecified atom stereocenters. The van der Waals surface area contributed by atoms with Gasteiger partial charge in [0, 0.05) is 95.0 Å². The third-order valence-corrected chi connectivity index (χ3v) is 21.6. The Bertz CT molecular complexity index is 4440. The van der Waals surface area contributed by atoms with Crippen LogP contribution in [0.3, 0.4) is 0 Å². The zero-order valence-electron chi connectivity index (χ0n) is 67.4. The molecule has 11 heterocycles. The number of urea groups is 1. The van der Waals surface area contributed by atoms with Crippen molar-refractivity contribution in [1.82, 2.24) is 58.7 Å². The van der Waals surface area contributed by atoms with Crippen LogP contribution in [0.5, 0.6) is 0 Å². The van der Waals surface area contributed by atoms with Gasteiger partial charge in [-0.3, -0.25) is 47.8 Å². The van der Waals surface area contributed by atoms with E-state index in [1.165, 1.54) is 27.4 Å². The standard InChI is InChI=1S/C19H20F3N5O2.C19H24N4O.C17H26N4O3.C15H18BrN3.C10H18O5.3CH4.Cu.HI/c1-10-11(2)27-16(15(8-23-27)25-5-3-4-17(25)28)9-26(10)19(29)24-12-6-13(20)18(22)14(21)7-12;1-14-15(2)23-18(13-21(14)12-16-7-4-3-5-8-16)17(11-20-23)22-10-6-9-19(22)24;1-11-12(2)21-14(10-20(11)16(23)24-17(3,4)5)13(9-18-21)19-8-6-7-15(19)22;1-11-12(2)19-15(14(16)8-17-19)10-18(11)9-13-6-4-3-5-7-13;1-9(2,3)14-7(11)13-8(12)15-10(4,5)6;;;;;/h6-8,10-11H,3-5,9H2,1-2H3,(H,24,29);3-5,7-8,11,14-15H,6,9-10,12-13H2,1-2H3;9,11-12H,6-8,10H2,1-5H3;3-8,11-12H,9-10H2,1-2H3;1-6H3;3*1H4;;1H/q;;;;;;;;+1;/p-1/t10-,11+;14-,15+;2*11-,12+;;;;;;/m0000....../s1. The van der Waals surface area contributed by atoms with E-state index in [2.05, 4.69) is 167 Å². The van der Waals surface area contributed by atoms with Crippen molar-refractivity contribution in [2.75, 3.05) is 39.7 Å². The third kappa shape index (κ3) is 23.8. The van der Waals surface area contributed by atoms with E-state index in [1.54, 1.807) is 93.7 Å². The SMILES string of the molecule is C.C.C.CC(C)(C)OC(=O)OC(=O)OC(C)(C)C.C[C@@H]1[C@H](C)N(C(=O)Nc2cc(F)c(F)c(F)c2)Cc2c(N3CCCC3=O)cnn21.C[C@@H]1[C@H](C)N(C(=O)OC(C)(C)C)Cc2c(N3CCCC3=O)cnn21.C[C@@H]1[C@H](C)N(Cc2ccccc2)Cc2c(Br)cnn21.C[C@@H]1[C@H](C)N(Cc2ccccc2)Cc2c(N3CCCC3=O)cnn21.[Cu][I]. The topological polar surface area (TPSA) is 262 Å². The van der Waals surface area contributed by atoms with Gasteiger partial charge in [-0.1, -0.05) is 82.9 Å². The number of carbonyl (C=O) groups excluding carboxylic acids is 7. The number of hydrogen-bond donors (Lipinski definition) is 1.